The molecule has 0 aliphatic carbocycles. The maximum absolute atomic E-state index is 5.69. The minimum Gasteiger partial charge on any atom is -0.378 e. The van der Waals surface area contributed by atoms with Crippen LogP contribution in [0.15, 0.2) is 0 Å². The predicted octanol–water partition coefficient (Wildman–Crippen LogP) is 1.18. The summed E-state index contributed by atoms with van der Waals surface area (Å²) in [6.45, 7) is 4.95. The molecule has 2 heterocycles. The molecular weight excluding hydrogens is 178 g/mol. The lowest BCUT2D eigenvalue weighted by Gasteiger charge is -2.23. The zero-order chi connectivity index (χ0) is 9.64. The Hall–Kier alpha value is -0.120. The molecule has 0 amide bonds. The average Bonchev–Trinajstić information content (AvgIpc) is 2.72. The largest absolute Gasteiger partial charge is 0.378 e. The molecule has 14 heavy (non-hydrogen) atoms. The number of hydrogen-bond donors (Lipinski definition) is 1. The number of piperidine rings is 1. The molecule has 0 unspecified atom stereocenters. The first-order valence-corrected chi connectivity index (χ1v) is 5.85. The van der Waals surface area contributed by atoms with Gasteiger partial charge >= 0.3 is 0 Å². The first kappa shape index (κ1) is 10.4. The number of hydrogen-bond acceptors (Lipinski definition) is 3. The van der Waals surface area contributed by atoms with Crippen LogP contribution in [0.2, 0.25) is 0 Å². The first-order chi connectivity index (χ1) is 6.95. The number of rotatable bonds is 4. The summed E-state index contributed by atoms with van der Waals surface area (Å²) in [5.41, 5.74) is 0. The second-order valence-electron chi connectivity index (χ2n) is 4.38. The molecule has 2 saturated heterocycles. The van der Waals surface area contributed by atoms with Crippen LogP contribution in [0.1, 0.15) is 25.7 Å². The summed E-state index contributed by atoms with van der Waals surface area (Å²) in [4.78, 5) is 0. The Balaban J connectivity index is 1.52. The minimum atomic E-state index is 0.381. The molecule has 0 radical (unpaired) electrons. The van der Waals surface area contributed by atoms with Gasteiger partial charge in [0.2, 0.25) is 0 Å². The van der Waals surface area contributed by atoms with Gasteiger partial charge in [-0.15, -0.1) is 0 Å². The minimum absolute atomic E-state index is 0.381. The van der Waals surface area contributed by atoms with E-state index in [1.54, 1.807) is 0 Å². The van der Waals surface area contributed by atoms with Gasteiger partial charge in [0, 0.05) is 13.2 Å². The van der Waals surface area contributed by atoms with Gasteiger partial charge < -0.3 is 14.8 Å². The van der Waals surface area contributed by atoms with Crippen molar-refractivity contribution in [3.63, 3.8) is 0 Å². The lowest BCUT2D eigenvalue weighted by molar-refractivity contribution is 0.00268. The van der Waals surface area contributed by atoms with E-state index in [4.69, 9.17) is 9.47 Å². The molecular formula is C11H21NO2. The molecule has 2 fully saturated rings. The van der Waals surface area contributed by atoms with Crippen LogP contribution in [0, 0.1) is 5.92 Å². The zero-order valence-corrected chi connectivity index (χ0v) is 8.84. The van der Waals surface area contributed by atoms with Crippen LogP contribution < -0.4 is 5.32 Å². The molecule has 1 N–H and O–H groups in total. The summed E-state index contributed by atoms with van der Waals surface area (Å²) >= 11 is 0. The first-order valence-electron chi connectivity index (χ1n) is 5.85. The highest BCUT2D eigenvalue weighted by atomic mass is 16.5. The van der Waals surface area contributed by atoms with E-state index < -0.39 is 0 Å². The molecule has 0 aromatic rings. The van der Waals surface area contributed by atoms with Gasteiger partial charge in [-0.1, -0.05) is 0 Å². The van der Waals surface area contributed by atoms with Crippen molar-refractivity contribution in [1.82, 2.24) is 5.32 Å². The van der Waals surface area contributed by atoms with E-state index in [0.717, 1.165) is 32.3 Å². The van der Waals surface area contributed by atoms with Crippen LogP contribution in [0.25, 0.3) is 0 Å². The lowest BCUT2D eigenvalue weighted by Crippen LogP contribution is -2.33. The summed E-state index contributed by atoms with van der Waals surface area (Å²) < 4.78 is 11.2. The third-order valence-electron chi connectivity index (χ3n) is 3.08. The Labute approximate surface area is 86.2 Å². The van der Waals surface area contributed by atoms with E-state index in [1.165, 1.54) is 32.2 Å². The standard InChI is InChI=1S/C11H21NO2/c1-3-10(7-12-5-1)8-13-9-11-4-2-6-14-11/h10-12H,1-9H2/t10-,11-/m0/s1. The third-order valence-corrected chi connectivity index (χ3v) is 3.08. The maximum Gasteiger partial charge on any atom is 0.0809 e. The Morgan fingerprint density at radius 2 is 2.21 bits per heavy atom. The molecule has 0 aromatic carbocycles. The van der Waals surface area contributed by atoms with Crippen molar-refractivity contribution in [2.45, 2.75) is 31.8 Å². The molecule has 82 valence electrons. The van der Waals surface area contributed by atoms with E-state index in [1.807, 2.05) is 0 Å². The Morgan fingerprint density at radius 1 is 1.21 bits per heavy atom. The van der Waals surface area contributed by atoms with Crippen molar-refractivity contribution in [1.29, 1.82) is 0 Å². The fourth-order valence-electron chi connectivity index (χ4n) is 2.21. The van der Waals surface area contributed by atoms with Gasteiger partial charge in [-0.25, -0.2) is 0 Å². The van der Waals surface area contributed by atoms with E-state index in [0.29, 0.717) is 6.10 Å². The van der Waals surface area contributed by atoms with Crippen LogP contribution in [0.4, 0.5) is 0 Å². The smallest absolute Gasteiger partial charge is 0.0809 e. The molecule has 3 heteroatoms. The van der Waals surface area contributed by atoms with Crippen molar-refractivity contribution < 1.29 is 9.47 Å². The summed E-state index contributed by atoms with van der Waals surface area (Å²) in [7, 11) is 0. The highest BCUT2D eigenvalue weighted by Crippen LogP contribution is 2.14. The molecule has 2 rings (SSSR count). The molecule has 0 saturated carbocycles. The van der Waals surface area contributed by atoms with Crippen LogP contribution in [0.3, 0.4) is 0 Å². The van der Waals surface area contributed by atoms with Crippen molar-refractivity contribution in [2.75, 3.05) is 32.9 Å². The van der Waals surface area contributed by atoms with Crippen LogP contribution >= 0.6 is 0 Å². The Morgan fingerprint density at radius 3 is 2.93 bits per heavy atom. The zero-order valence-electron chi connectivity index (χ0n) is 8.84. The second-order valence-corrected chi connectivity index (χ2v) is 4.38. The monoisotopic (exact) mass is 199 g/mol. The fraction of sp³-hybridized carbons (Fsp3) is 1.00. The van der Waals surface area contributed by atoms with Crippen molar-refractivity contribution in [3.8, 4) is 0 Å². The Kier molecular flexibility index (Phi) is 4.22. The molecule has 0 spiro atoms. The van der Waals surface area contributed by atoms with Gasteiger partial charge in [0.25, 0.3) is 0 Å². The average molecular weight is 199 g/mol. The summed E-state index contributed by atoms with van der Waals surface area (Å²) in [5, 5.41) is 3.40. The van der Waals surface area contributed by atoms with E-state index >= 15 is 0 Å². The van der Waals surface area contributed by atoms with E-state index in [9.17, 15) is 0 Å². The molecule has 0 aromatic heterocycles. The topological polar surface area (TPSA) is 30.5 Å². The molecule has 0 bridgehead atoms. The highest BCUT2D eigenvalue weighted by molar-refractivity contribution is 4.69. The molecule has 2 aliphatic heterocycles. The normalized spacial score (nSPS) is 33.4. The van der Waals surface area contributed by atoms with Crippen LogP contribution in [0.5, 0.6) is 0 Å². The van der Waals surface area contributed by atoms with Crippen molar-refractivity contribution in [2.24, 2.45) is 5.92 Å². The van der Waals surface area contributed by atoms with Crippen LogP contribution in [-0.4, -0.2) is 39.0 Å². The number of ether oxygens (including phenoxy) is 2. The predicted molar refractivity (Wildman–Crippen MR) is 55.4 cm³/mol. The SMILES string of the molecule is C1CNC[C@@H](COC[C@@H]2CCCO2)C1. The van der Waals surface area contributed by atoms with Gasteiger partial charge in [-0.05, 0) is 38.1 Å². The van der Waals surface area contributed by atoms with Gasteiger partial charge in [0.1, 0.15) is 0 Å². The van der Waals surface area contributed by atoms with Gasteiger partial charge in [-0.2, -0.15) is 0 Å². The second kappa shape index (κ2) is 5.69. The molecule has 3 nitrogen and oxygen atoms in total. The van der Waals surface area contributed by atoms with Crippen LogP contribution in [-0.2, 0) is 9.47 Å². The van der Waals surface area contributed by atoms with Crippen molar-refractivity contribution in [3.05, 3.63) is 0 Å². The maximum atomic E-state index is 5.69. The molecule has 2 atom stereocenters. The lowest BCUT2D eigenvalue weighted by atomic mass is 10.0. The summed E-state index contributed by atoms with van der Waals surface area (Å²) in [5.74, 6) is 0.727. The van der Waals surface area contributed by atoms with Crippen molar-refractivity contribution >= 4 is 0 Å². The summed E-state index contributed by atoms with van der Waals surface area (Å²) in [6, 6.07) is 0. The fourth-order valence-corrected chi connectivity index (χ4v) is 2.21. The molecule has 2 aliphatic rings. The van der Waals surface area contributed by atoms with E-state index in [2.05, 4.69) is 5.32 Å². The van der Waals surface area contributed by atoms with Gasteiger partial charge in [0.05, 0.1) is 19.3 Å². The highest BCUT2D eigenvalue weighted by Gasteiger charge is 2.17. The third kappa shape index (κ3) is 3.23. The van der Waals surface area contributed by atoms with Gasteiger partial charge in [0.15, 0.2) is 0 Å². The Bertz CT molecular complexity index is 151. The van der Waals surface area contributed by atoms with Gasteiger partial charge in [-0.3, -0.25) is 0 Å². The number of nitrogens with one attached hydrogen (secondary N) is 1. The summed E-state index contributed by atoms with van der Waals surface area (Å²) in [6.07, 6.45) is 5.39. The quantitative estimate of drug-likeness (QED) is 0.737. The van der Waals surface area contributed by atoms with E-state index in [-0.39, 0.29) is 0 Å².